The van der Waals surface area contributed by atoms with Gasteiger partial charge in [-0.15, -0.1) is 0 Å². The van der Waals surface area contributed by atoms with E-state index in [4.69, 9.17) is 9.47 Å². The lowest BCUT2D eigenvalue weighted by Crippen LogP contribution is -2.20. The number of para-hydroxylation sites is 1. The van der Waals surface area contributed by atoms with Gasteiger partial charge < -0.3 is 14.5 Å². The Morgan fingerprint density at radius 3 is 2.52 bits per heavy atom. The molecule has 3 aromatic rings. The molecule has 1 aromatic heterocycles. The molecule has 7 heteroatoms. The van der Waals surface area contributed by atoms with Gasteiger partial charge in [0, 0.05) is 5.56 Å². The summed E-state index contributed by atoms with van der Waals surface area (Å²) in [5.41, 5.74) is 0.797. The molecule has 27 heavy (non-hydrogen) atoms. The number of carbonyl (C=O) groups is 2. The maximum Gasteiger partial charge on any atom is 0.344 e. The molecule has 0 spiro atoms. The Morgan fingerprint density at radius 2 is 1.81 bits per heavy atom. The van der Waals surface area contributed by atoms with E-state index in [9.17, 15) is 14.4 Å². The standard InChI is InChI=1S/C20H18N2O5/c1-12(23)14-7-9-15(10-8-14)26-11-18(24)27-13(2)19-21-17-6-4-3-5-16(17)20(25)22-19/h3-10,13H,11H2,1-2H3,(H,21,22,25)/t13-/m0/s1. The van der Waals surface area contributed by atoms with Crippen LogP contribution in [0.2, 0.25) is 0 Å². The summed E-state index contributed by atoms with van der Waals surface area (Å²) in [5, 5.41) is 0.470. The average molecular weight is 366 g/mol. The quantitative estimate of drug-likeness (QED) is 0.532. The van der Waals surface area contributed by atoms with Gasteiger partial charge in [-0.05, 0) is 50.2 Å². The number of carbonyl (C=O) groups excluding carboxylic acids is 2. The number of ether oxygens (including phenoxy) is 2. The largest absolute Gasteiger partial charge is 0.482 e. The summed E-state index contributed by atoms with van der Waals surface area (Å²) in [6.07, 6.45) is -0.738. The van der Waals surface area contributed by atoms with Crippen LogP contribution in [0.3, 0.4) is 0 Å². The Hall–Kier alpha value is -3.48. The van der Waals surface area contributed by atoms with E-state index in [1.165, 1.54) is 6.92 Å². The number of aromatic nitrogens is 2. The molecule has 1 heterocycles. The number of Topliss-reactive ketones (excluding diaryl/α,β-unsaturated/α-hetero) is 1. The lowest BCUT2D eigenvalue weighted by atomic mass is 10.1. The number of fused-ring (bicyclic) bond motifs is 1. The second-order valence-corrected chi connectivity index (χ2v) is 5.97. The van der Waals surface area contributed by atoms with Crippen molar-refractivity contribution in [2.75, 3.05) is 6.61 Å². The molecule has 0 saturated carbocycles. The zero-order valence-electron chi connectivity index (χ0n) is 14.9. The van der Waals surface area contributed by atoms with E-state index in [-0.39, 0.29) is 23.8 Å². The number of ketones is 1. The SMILES string of the molecule is CC(=O)c1ccc(OCC(=O)O[C@@H](C)c2nc3ccccc3c(=O)[nH]2)cc1. The predicted molar refractivity (Wildman–Crippen MR) is 98.8 cm³/mol. The molecule has 0 aliphatic carbocycles. The highest BCUT2D eigenvalue weighted by Crippen LogP contribution is 2.16. The number of benzene rings is 2. The minimum Gasteiger partial charge on any atom is -0.482 e. The number of esters is 1. The Morgan fingerprint density at radius 1 is 1.11 bits per heavy atom. The summed E-state index contributed by atoms with van der Waals surface area (Å²) in [6, 6.07) is 13.4. The number of nitrogens with zero attached hydrogens (tertiary/aromatic N) is 1. The molecule has 0 radical (unpaired) electrons. The molecule has 3 rings (SSSR count). The van der Waals surface area contributed by atoms with Crippen LogP contribution in [0.1, 0.15) is 36.1 Å². The van der Waals surface area contributed by atoms with Crippen LogP contribution in [0.25, 0.3) is 10.9 Å². The minimum absolute atomic E-state index is 0.0494. The summed E-state index contributed by atoms with van der Waals surface area (Å²) in [5.74, 6) is 0.0558. The third-order valence-electron chi connectivity index (χ3n) is 3.94. The predicted octanol–water partition coefficient (Wildman–Crippen LogP) is 2.81. The summed E-state index contributed by atoms with van der Waals surface area (Å²) in [4.78, 5) is 42.3. The Labute approximate surface area is 155 Å². The Bertz CT molecular complexity index is 1040. The van der Waals surface area contributed by atoms with Crippen molar-refractivity contribution in [2.24, 2.45) is 0 Å². The van der Waals surface area contributed by atoms with Crippen molar-refractivity contribution in [2.45, 2.75) is 20.0 Å². The van der Waals surface area contributed by atoms with Gasteiger partial charge in [0.25, 0.3) is 5.56 Å². The second kappa shape index (κ2) is 7.82. The fourth-order valence-corrected chi connectivity index (χ4v) is 2.51. The van der Waals surface area contributed by atoms with Crippen LogP contribution >= 0.6 is 0 Å². The smallest absolute Gasteiger partial charge is 0.344 e. The molecule has 1 atom stereocenters. The zero-order chi connectivity index (χ0) is 19.4. The third-order valence-corrected chi connectivity index (χ3v) is 3.94. The molecule has 0 bridgehead atoms. The summed E-state index contributed by atoms with van der Waals surface area (Å²) < 4.78 is 10.6. The topological polar surface area (TPSA) is 98.3 Å². The van der Waals surface area contributed by atoms with Crippen LogP contribution in [0.15, 0.2) is 53.3 Å². The Balaban J connectivity index is 1.62. The molecule has 0 saturated heterocycles. The van der Waals surface area contributed by atoms with Gasteiger partial charge in [0.15, 0.2) is 24.3 Å². The monoisotopic (exact) mass is 366 g/mol. The fraction of sp³-hybridized carbons (Fsp3) is 0.200. The number of aromatic amines is 1. The van der Waals surface area contributed by atoms with Crippen molar-refractivity contribution in [3.05, 3.63) is 70.3 Å². The van der Waals surface area contributed by atoms with E-state index in [0.29, 0.717) is 22.2 Å². The molecule has 0 amide bonds. The molecule has 0 fully saturated rings. The van der Waals surface area contributed by atoms with Crippen molar-refractivity contribution in [3.8, 4) is 5.75 Å². The molecule has 0 aliphatic heterocycles. The first-order chi connectivity index (χ1) is 12.9. The highest BCUT2D eigenvalue weighted by Gasteiger charge is 2.16. The van der Waals surface area contributed by atoms with Gasteiger partial charge in [0.1, 0.15) is 5.75 Å². The first kappa shape index (κ1) is 18.3. The van der Waals surface area contributed by atoms with E-state index < -0.39 is 12.1 Å². The maximum atomic E-state index is 12.1. The molecule has 7 nitrogen and oxygen atoms in total. The van der Waals surface area contributed by atoms with Crippen molar-refractivity contribution in [1.29, 1.82) is 0 Å². The summed E-state index contributed by atoms with van der Waals surface area (Å²) >= 11 is 0. The van der Waals surface area contributed by atoms with E-state index in [1.54, 1.807) is 55.5 Å². The fourth-order valence-electron chi connectivity index (χ4n) is 2.51. The highest BCUT2D eigenvalue weighted by atomic mass is 16.6. The molecule has 2 aromatic carbocycles. The zero-order valence-corrected chi connectivity index (χ0v) is 14.9. The molecule has 0 unspecified atom stereocenters. The van der Waals surface area contributed by atoms with Gasteiger partial charge in [-0.25, -0.2) is 9.78 Å². The van der Waals surface area contributed by atoms with Crippen molar-refractivity contribution in [3.63, 3.8) is 0 Å². The number of nitrogens with one attached hydrogen (secondary N) is 1. The lowest BCUT2D eigenvalue weighted by Gasteiger charge is -2.13. The molecule has 138 valence electrons. The lowest BCUT2D eigenvalue weighted by molar-refractivity contribution is -0.151. The Kier molecular flexibility index (Phi) is 5.30. The molecular weight excluding hydrogens is 348 g/mol. The van der Waals surface area contributed by atoms with Gasteiger partial charge in [0.05, 0.1) is 10.9 Å². The normalized spacial score (nSPS) is 11.8. The van der Waals surface area contributed by atoms with E-state index in [1.807, 2.05) is 0 Å². The average Bonchev–Trinajstić information content (AvgIpc) is 2.66. The van der Waals surface area contributed by atoms with Gasteiger partial charge in [0.2, 0.25) is 0 Å². The van der Waals surface area contributed by atoms with Crippen LogP contribution < -0.4 is 10.3 Å². The second-order valence-electron chi connectivity index (χ2n) is 5.97. The van der Waals surface area contributed by atoms with Crippen molar-refractivity contribution >= 4 is 22.7 Å². The number of hydrogen-bond acceptors (Lipinski definition) is 6. The molecular formula is C20H18N2O5. The minimum atomic E-state index is -0.738. The first-order valence-electron chi connectivity index (χ1n) is 8.36. The van der Waals surface area contributed by atoms with Crippen molar-refractivity contribution < 1.29 is 19.1 Å². The highest BCUT2D eigenvalue weighted by molar-refractivity contribution is 5.94. The number of rotatable bonds is 6. The van der Waals surface area contributed by atoms with Gasteiger partial charge in [-0.3, -0.25) is 9.59 Å². The van der Waals surface area contributed by atoms with Crippen LogP contribution in [0, 0.1) is 0 Å². The van der Waals surface area contributed by atoms with E-state index in [2.05, 4.69) is 9.97 Å². The molecule has 0 aliphatic rings. The maximum absolute atomic E-state index is 12.1. The van der Waals surface area contributed by atoms with Gasteiger partial charge in [-0.1, -0.05) is 12.1 Å². The van der Waals surface area contributed by atoms with Crippen LogP contribution in [-0.2, 0) is 9.53 Å². The van der Waals surface area contributed by atoms with Crippen LogP contribution in [0.4, 0.5) is 0 Å². The summed E-state index contributed by atoms with van der Waals surface area (Å²) in [7, 11) is 0. The van der Waals surface area contributed by atoms with Crippen molar-refractivity contribution in [1.82, 2.24) is 9.97 Å². The first-order valence-corrected chi connectivity index (χ1v) is 8.36. The molecule has 1 N–H and O–H groups in total. The van der Waals surface area contributed by atoms with E-state index in [0.717, 1.165) is 0 Å². The van der Waals surface area contributed by atoms with Gasteiger partial charge >= 0.3 is 5.97 Å². The third kappa shape index (κ3) is 4.38. The van der Waals surface area contributed by atoms with Crippen LogP contribution in [0.5, 0.6) is 5.75 Å². The number of H-pyrrole nitrogens is 1. The van der Waals surface area contributed by atoms with E-state index >= 15 is 0 Å². The number of hydrogen-bond donors (Lipinski definition) is 1. The summed E-state index contributed by atoms with van der Waals surface area (Å²) in [6.45, 7) is 2.79. The van der Waals surface area contributed by atoms with Crippen LogP contribution in [-0.4, -0.2) is 28.3 Å². The van der Waals surface area contributed by atoms with Gasteiger partial charge in [-0.2, -0.15) is 0 Å².